The molecular weight excluding hydrogens is 258 g/mol. The van der Waals surface area contributed by atoms with Crippen molar-refractivity contribution in [2.24, 2.45) is 11.8 Å². The number of aliphatic hydroxyl groups is 1. The average molecular weight is 287 g/mol. The predicted molar refractivity (Wildman–Crippen MR) is 87.3 cm³/mol. The molecule has 2 heteroatoms. The van der Waals surface area contributed by atoms with Gasteiger partial charge in [-0.25, -0.2) is 0 Å². The van der Waals surface area contributed by atoms with Gasteiger partial charge in [0, 0.05) is 6.04 Å². The Bertz CT molecular complexity index is 418. The first-order valence-electron chi connectivity index (χ1n) is 8.64. The first-order chi connectivity index (χ1) is 10.2. The highest BCUT2D eigenvalue weighted by molar-refractivity contribution is 5.14. The van der Waals surface area contributed by atoms with Crippen molar-refractivity contribution in [1.29, 1.82) is 0 Å². The third-order valence-electron chi connectivity index (χ3n) is 5.66. The molecule has 116 valence electrons. The van der Waals surface area contributed by atoms with Crippen LogP contribution in [0.1, 0.15) is 44.1 Å². The van der Waals surface area contributed by atoms with Crippen LogP contribution in [0.25, 0.3) is 0 Å². The Labute approximate surface area is 129 Å². The molecule has 2 saturated carbocycles. The Morgan fingerprint density at radius 2 is 1.67 bits per heavy atom. The van der Waals surface area contributed by atoms with Crippen molar-refractivity contribution in [2.45, 2.75) is 57.1 Å². The van der Waals surface area contributed by atoms with Crippen molar-refractivity contribution in [1.82, 2.24) is 4.90 Å². The molecule has 2 aliphatic carbocycles. The monoisotopic (exact) mass is 287 g/mol. The molecule has 0 radical (unpaired) electrons. The molecule has 1 N–H and O–H groups in total. The lowest BCUT2D eigenvalue weighted by molar-refractivity contribution is 0.159. The molecule has 2 nitrogen and oxygen atoms in total. The summed E-state index contributed by atoms with van der Waals surface area (Å²) in [5.41, 5.74) is 1.46. The Morgan fingerprint density at radius 3 is 2.33 bits per heavy atom. The zero-order chi connectivity index (χ0) is 14.7. The summed E-state index contributed by atoms with van der Waals surface area (Å²) in [5, 5.41) is 9.73. The fourth-order valence-corrected chi connectivity index (χ4v) is 4.43. The van der Waals surface area contributed by atoms with Crippen molar-refractivity contribution in [3.63, 3.8) is 0 Å². The van der Waals surface area contributed by atoms with Crippen LogP contribution in [0.4, 0.5) is 0 Å². The minimum atomic E-state index is -0.00266. The third-order valence-corrected chi connectivity index (χ3v) is 5.66. The Hall–Kier alpha value is -0.860. The van der Waals surface area contributed by atoms with Gasteiger partial charge >= 0.3 is 0 Å². The number of aryl methyl sites for hydroxylation is 1. The lowest BCUT2D eigenvalue weighted by Gasteiger charge is -2.25. The smallest absolute Gasteiger partial charge is 0.0545 e. The number of aliphatic hydroxyl groups excluding tert-OH is 1. The average Bonchev–Trinajstić information content (AvgIpc) is 3.02. The van der Waals surface area contributed by atoms with Gasteiger partial charge < -0.3 is 10.0 Å². The van der Waals surface area contributed by atoms with Crippen LogP contribution in [0.15, 0.2) is 30.3 Å². The first kappa shape index (κ1) is 15.1. The van der Waals surface area contributed by atoms with Gasteiger partial charge in [-0.05, 0) is 75.9 Å². The van der Waals surface area contributed by atoms with Crippen LogP contribution in [0.2, 0.25) is 0 Å². The summed E-state index contributed by atoms with van der Waals surface area (Å²) in [7, 11) is 2.30. The maximum Gasteiger partial charge on any atom is 0.0545 e. The molecule has 1 aromatic rings. The Kier molecular flexibility index (Phi) is 4.97. The second kappa shape index (κ2) is 6.93. The van der Waals surface area contributed by atoms with E-state index in [2.05, 4.69) is 42.3 Å². The number of benzene rings is 1. The van der Waals surface area contributed by atoms with Gasteiger partial charge in [0.05, 0.1) is 6.10 Å². The number of hydrogen-bond acceptors (Lipinski definition) is 2. The molecule has 0 heterocycles. The molecule has 0 aromatic heterocycles. The molecule has 2 aliphatic rings. The van der Waals surface area contributed by atoms with E-state index in [1.54, 1.807) is 0 Å². The van der Waals surface area contributed by atoms with Gasteiger partial charge in [-0.1, -0.05) is 30.3 Å². The summed E-state index contributed by atoms with van der Waals surface area (Å²) in [6.07, 6.45) is 8.53. The van der Waals surface area contributed by atoms with Crippen LogP contribution >= 0.6 is 0 Å². The van der Waals surface area contributed by atoms with E-state index in [4.69, 9.17) is 0 Å². The normalized spacial score (nSPS) is 31.8. The summed E-state index contributed by atoms with van der Waals surface area (Å²) in [6, 6.07) is 11.6. The molecule has 0 amide bonds. The van der Waals surface area contributed by atoms with Gasteiger partial charge in [0.1, 0.15) is 0 Å². The first-order valence-corrected chi connectivity index (χ1v) is 8.64. The predicted octanol–water partition coefficient (Wildman–Crippen LogP) is 3.49. The fraction of sp³-hybridized carbons (Fsp3) is 0.684. The van der Waals surface area contributed by atoms with Crippen molar-refractivity contribution >= 4 is 0 Å². The standard InChI is InChI=1S/C19H29NO/c1-20(10-6-5-9-15-7-3-2-4-8-15)18-11-16-13-19(21)14-17(16)12-18/h2-4,7-8,16-19,21H,5-6,9-14H2,1H3/t16-,17+,18?,19?. The molecular formula is C19H29NO. The summed E-state index contributed by atoms with van der Waals surface area (Å²) in [4.78, 5) is 2.58. The van der Waals surface area contributed by atoms with Gasteiger partial charge in [-0.3, -0.25) is 0 Å². The van der Waals surface area contributed by atoms with Gasteiger partial charge in [0.25, 0.3) is 0 Å². The van der Waals surface area contributed by atoms with E-state index in [-0.39, 0.29) is 6.10 Å². The molecule has 0 bridgehead atoms. The lowest BCUT2D eigenvalue weighted by atomic mass is 10.0. The molecule has 0 spiro atoms. The molecule has 0 aliphatic heterocycles. The van der Waals surface area contributed by atoms with Crippen molar-refractivity contribution < 1.29 is 5.11 Å². The SMILES string of the molecule is CN(CCCCc1ccccc1)C1C[C@H]2CC(O)C[C@H]2C1. The second-order valence-electron chi connectivity index (χ2n) is 7.19. The maximum absolute atomic E-state index is 9.73. The minimum Gasteiger partial charge on any atom is -0.393 e. The van der Waals surface area contributed by atoms with E-state index in [9.17, 15) is 5.11 Å². The van der Waals surface area contributed by atoms with Crippen molar-refractivity contribution in [3.8, 4) is 0 Å². The third kappa shape index (κ3) is 3.87. The Morgan fingerprint density at radius 1 is 1.00 bits per heavy atom. The number of unbranched alkanes of at least 4 members (excludes halogenated alkanes) is 1. The lowest BCUT2D eigenvalue weighted by Crippen LogP contribution is -2.31. The minimum absolute atomic E-state index is 0.00266. The summed E-state index contributed by atoms with van der Waals surface area (Å²) >= 11 is 0. The highest BCUT2D eigenvalue weighted by Gasteiger charge is 2.41. The zero-order valence-electron chi connectivity index (χ0n) is 13.2. The molecule has 0 saturated heterocycles. The van der Waals surface area contributed by atoms with Crippen LogP contribution in [-0.4, -0.2) is 35.7 Å². The van der Waals surface area contributed by atoms with Crippen LogP contribution in [-0.2, 0) is 6.42 Å². The van der Waals surface area contributed by atoms with Crippen LogP contribution in [0, 0.1) is 11.8 Å². The van der Waals surface area contributed by atoms with Gasteiger partial charge in [0.2, 0.25) is 0 Å². The highest BCUT2D eigenvalue weighted by atomic mass is 16.3. The zero-order valence-corrected chi connectivity index (χ0v) is 13.2. The van der Waals surface area contributed by atoms with Gasteiger partial charge in [-0.2, -0.15) is 0 Å². The number of hydrogen-bond donors (Lipinski definition) is 1. The quantitative estimate of drug-likeness (QED) is 0.810. The van der Waals surface area contributed by atoms with Gasteiger partial charge in [0.15, 0.2) is 0 Å². The van der Waals surface area contributed by atoms with Crippen molar-refractivity contribution in [2.75, 3.05) is 13.6 Å². The Balaban J connectivity index is 1.35. The highest BCUT2D eigenvalue weighted by Crippen LogP contribution is 2.45. The van der Waals surface area contributed by atoms with Crippen LogP contribution in [0.5, 0.6) is 0 Å². The molecule has 2 fully saturated rings. The number of nitrogens with zero attached hydrogens (tertiary/aromatic N) is 1. The van der Waals surface area contributed by atoms with Gasteiger partial charge in [-0.15, -0.1) is 0 Å². The second-order valence-corrected chi connectivity index (χ2v) is 7.19. The van der Waals surface area contributed by atoms with E-state index in [0.29, 0.717) is 0 Å². The molecule has 3 rings (SSSR count). The van der Waals surface area contributed by atoms with E-state index in [1.165, 1.54) is 44.2 Å². The number of fused-ring (bicyclic) bond motifs is 1. The van der Waals surface area contributed by atoms with E-state index < -0.39 is 0 Å². The molecule has 1 aromatic carbocycles. The fourth-order valence-electron chi connectivity index (χ4n) is 4.43. The van der Waals surface area contributed by atoms with Crippen LogP contribution < -0.4 is 0 Å². The summed E-state index contributed by atoms with van der Waals surface area (Å²) < 4.78 is 0. The summed E-state index contributed by atoms with van der Waals surface area (Å²) in [6.45, 7) is 1.22. The van der Waals surface area contributed by atoms with E-state index in [1.807, 2.05) is 0 Å². The molecule has 21 heavy (non-hydrogen) atoms. The topological polar surface area (TPSA) is 23.5 Å². The molecule has 2 unspecified atom stereocenters. The van der Waals surface area contributed by atoms with Crippen molar-refractivity contribution in [3.05, 3.63) is 35.9 Å². The molecule has 4 atom stereocenters. The summed E-state index contributed by atoms with van der Waals surface area (Å²) in [5.74, 6) is 1.61. The number of rotatable bonds is 6. The van der Waals surface area contributed by atoms with E-state index in [0.717, 1.165) is 30.7 Å². The van der Waals surface area contributed by atoms with Crippen LogP contribution in [0.3, 0.4) is 0 Å². The van der Waals surface area contributed by atoms with E-state index >= 15 is 0 Å². The largest absolute Gasteiger partial charge is 0.393 e. The maximum atomic E-state index is 9.73.